The van der Waals surface area contributed by atoms with Gasteiger partial charge in [0.1, 0.15) is 0 Å². The number of likely N-dealkylation sites (tertiary alicyclic amines) is 1. The summed E-state index contributed by atoms with van der Waals surface area (Å²) >= 11 is 0. The first-order valence-corrected chi connectivity index (χ1v) is 5.42. The van der Waals surface area contributed by atoms with E-state index in [0.717, 1.165) is 19.4 Å². The smallest absolute Gasteiger partial charge is 0.255 e. The highest BCUT2D eigenvalue weighted by molar-refractivity contribution is 5.94. The van der Waals surface area contributed by atoms with E-state index in [1.165, 1.54) is 12.3 Å². The fourth-order valence-corrected chi connectivity index (χ4v) is 2.06. The largest absolute Gasteiger partial charge is 0.334 e. The van der Waals surface area contributed by atoms with Crippen LogP contribution in [-0.4, -0.2) is 34.9 Å². The van der Waals surface area contributed by atoms with Gasteiger partial charge in [0.15, 0.2) is 0 Å². The molecule has 5 nitrogen and oxygen atoms in total. The van der Waals surface area contributed by atoms with E-state index in [4.69, 9.17) is 5.73 Å². The number of pyridine rings is 1. The van der Waals surface area contributed by atoms with Gasteiger partial charge in [-0.15, -0.1) is 0 Å². The molecule has 2 rings (SSSR count). The van der Waals surface area contributed by atoms with Crippen LogP contribution in [0.15, 0.2) is 23.1 Å². The van der Waals surface area contributed by atoms with Crippen LogP contribution in [0.3, 0.4) is 0 Å². The monoisotopic (exact) mass is 221 g/mol. The van der Waals surface area contributed by atoms with E-state index < -0.39 is 0 Å². The molecule has 1 fully saturated rings. The molecule has 1 aromatic heterocycles. The summed E-state index contributed by atoms with van der Waals surface area (Å²) in [5.41, 5.74) is 5.93. The Hall–Kier alpha value is -1.62. The third-order valence-electron chi connectivity index (χ3n) is 2.94. The minimum atomic E-state index is -0.201. The number of nitrogens with one attached hydrogen (secondary N) is 1. The van der Waals surface area contributed by atoms with Gasteiger partial charge in [0.25, 0.3) is 5.91 Å². The Morgan fingerprint density at radius 3 is 3.00 bits per heavy atom. The summed E-state index contributed by atoms with van der Waals surface area (Å²) in [5, 5.41) is 0. The highest BCUT2D eigenvalue weighted by atomic mass is 16.2. The number of hydrogen-bond donors (Lipinski definition) is 2. The van der Waals surface area contributed by atoms with E-state index >= 15 is 0 Å². The van der Waals surface area contributed by atoms with Crippen molar-refractivity contribution in [1.29, 1.82) is 0 Å². The van der Waals surface area contributed by atoms with E-state index in [2.05, 4.69) is 4.98 Å². The number of carbonyl (C=O) groups excluding carboxylic acids is 1. The summed E-state index contributed by atoms with van der Waals surface area (Å²) in [4.78, 5) is 27.2. The van der Waals surface area contributed by atoms with Crippen LogP contribution in [0.4, 0.5) is 0 Å². The standard InChI is InChI=1S/C11H15N3O2/c12-6-9-2-1-5-14(9)11(16)8-3-4-10(15)13-7-8/h3-4,7,9H,1-2,5-6,12H2,(H,13,15). The van der Waals surface area contributed by atoms with Crippen molar-refractivity contribution in [2.45, 2.75) is 18.9 Å². The summed E-state index contributed by atoms with van der Waals surface area (Å²) in [5.74, 6) is -0.0517. The molecule has 1 amide bonds. The summed E-state index contributed by atoms with van der Waals surface area (Å²) < 4.78 is 0. The Kier molecular flexibility index (Phi) is 3.05. The molecule has 0 aliphatic carbocycles. The zero-order chi connectivity index (χ0) is 11.5. The van der Waals surface area contributed by atoms with Crippen molar-refractivity contribution >= 4 is 5.91 Å². The lowest BCUT2D eigenvalue weighted by atomic mass is 10.2. The number of H-pyrrole nitrogens is 1. The number of aromatic nitrogens is 1. The van der Waals surface area contributed by atoms with Crippen molar-refractivity contribution in [1.82, 2.24) is 9.88 Å². The second kappa shape index (κ2) is 4.49. The molecule has 1 aromatic rings. The van der Waals surface area contributed by atoms with Crippen LogP contribution in [0.1, 0.15) is 23.2 Å². The molecule has 5 heteroatoms. The van der Waals surface area contributed by atoms with Crippen molar-refractivity contribution in [2.24, 2.45) is 5.73 Å². The van der Waals surface area contributed by atoms with Gasteiger partial charge in [0.2, 0.25) is 5.56 Å². The first kappa shape index (κ1) is 10.9. The van der Waals surface area contributed by atoms with Crippen LogP contribution < -0.4 is 11.3 Å². The topological polar surface area (TPSA) is 79.2 Å². The van der Waals surface area contributed by atoms with Gasteiger partial charge >= 0.3 is 0 Å². The molecule has 0 spiro atoms. The fraction of sp³-hybridized carbons (Fsp3) is 0.455. The second-order valence-corrected chi connectivity index (χ2v) is 3.97. The molecule has 16 heavy (non-hydrogen) atoms. The Balaban J connectivity index is 2.18. The maximum Gasteiger partial charge on any atom is 0.255 e. The van der Waals surface area contributed by atoms with Crippen molar-refractivity contribution < 1.29 is 4.79 Å². The van der Waals surface area contributed by atoms with E-state index in [9.17, 15) is 9.59 Å². The normalized spacial score (nSPS) is 20.1. The molecule has 1 unspecified atom stereocenters. The molecule has 1 saturated heterocycles. The lowest BCUT2D eigenvalue weighted by molar-refractivity contribution is 0.0740. The predicted octanol–water partition coefficient (Wildman–Crippen LogP) is -0.0618. The molecule has 3 N–H and O–H groups in total. The molecular formula is C11H15N3O2. The van der Waals surface area contributed by atoms with Crippen LogP contribution in [0, 0.1) is 0 Å². The number of nitrogens with two attached hydrogens (primary N) is 1. The van der Waals surface area contributed by atoms with Gasteiger partial charge in [0, 0.05) is 31.4 Å². The number of nitrogens with zero attached hydrogens (tertiary/aromatic N) is 1. The fourth-order valence-electron chi connectivity index (χ4n) is 2.06. The van der Waals surface area contributed by atoms with Gasteiger partial charge in [-0.05, 0) is 18.9 Å². The molecule has 1 aliphatic rings. The minimum Gasteiger partial charge on any atom is -0.334 e. The summed E-state index contributed by atoms with van der Waals surface area (Å²) in [6, 6.07) is 3.05. The van der Waals surface area contributed by atoms with Crippen LogP contribution in [-0.2, 0) is 0 Å². The number of hydrogen-bond acceptors (Lipinski definition) is 3. The lowest BCUT2D eigenvalue weighted by Crippen LogP contribution is -2.40. The number of aromatic amines is 1. The highest BCUT2D eigenvalue weighted by Crippen LogP contribution is 2.18. The molecule has 1 atom stereocenters. The molecular weight excluding hydrogens is 206 g/mol. The summed E-state index contributed by atoms with van der Waals surface area (Å²) in [7, 11) is 0. The van der Waals surface area contributed by atoms with Crippen molar-refractivity contribution in [2.75, 3.05) is 13.1 Å². The summed E-state index contributed by atoms with van der Waals surface area (Å²) in [6.07, 6.45) is 3.42. The molecule has 1 aliphatic heterocycles. The average Bonchev–Trinajstić information content (AvgIpc) is 2.77. The van der Waals surface area contributed by atoms with Crippen LogP contribution >= 0.6 is 0 Å². The third-order valence-corrected chi connectivity index (χ3v) is 2.94. The van der Waals surface area contributed by atoms with Gasteiger partial charge in [-0.2, -0.15) is 0 Å². The van der Waals surface area contributed by atoms with Crippen LogP contribution in [0.25, 0.3) is 0 Å². The summed E-state index contributed by atoms with van der Waals surface area (Å²) in [6.45, 7) is 1.24. The first-order valence-electron chi connectivity index (χ1n) is 5.42. The Morgan fingerprint density at radius 2 is 2.38 bits per heavy atom. The van der Waals surface area contributed by atoms with Crippen LogP contribution in [0.2, 0.25) is 0 Å². The molecule has 2 heterocycles. The van der Waals surface area contributed by atoms with Crippen LogP contribution in [0.5, 0.6) is 0 Å². The van der Waals surface area contributed by atoms with Gasteiger partial charge in [0.05, 0.1) is 5.56 Å². The SMILES string of the molecule is NCC1CCCN1C(=O)c1ccc(=O)[nH]c1. The average molecular weight is 221 g/mol. The van der Waals surface area contributed by atoms with E-state index in [1.807, 2.05) is 0 Å². The van der Waals surface area contributed by atoms with Crippen molar-refractivity contribution in [3.05, 3.63) is 34.2 Å². The maximum atomic E-state index is 12.1. The quantitative estimate of drug-likeness (QED) is 0.734. The van der Waals surface area contributed by atoms with Gasteiger partial charge < -0.3 is 15.6 Å². The maximum absolute atomic E-state index is 12.1. The zero-order valence-corrected chi connectivity index (χ0v) is 8.98. The van der Waals surface area contributed by atoms with Gasteiger partial charge in [-0.1, -0.05) is 0 Å². The van der Waals surface area contributed by atoms with Gasteiger partial charge in [-0.25, -0.2) is 0 Å². The van der Waals surface area contributed by atoms with Gasteiger partial charge in [-0.3, -0.25) is 9.59 Å². The number of amides is 1. The number of carbonyl (C=O) groups is 1. The second-order valence-electron chi connectivity index (χ2n) is 3.97. The Bertz CT molecular complexity index is 421. The molecule has 86 valence electrons. The number of rotatable bonds is 2. The van der Waals surface area contributed by atoms with E-state index in [1.54, 1.807) is 11.0 Å². The zero-order valence-electron chi connectivity index (χ0n) is 8.98. The van der Waals surface area contributed by atoms with Crippen molar-refractivity contribution in [3.8, 4) is 0 Å². The Labute approximate surface area is 93.3 Å². The first-order chi connectivity index (χ1) is 7.72. The molecule has 0 aromatic carbocycles. The highest BCUT2D eigenvalue weighted by Gasteiger charge is 2.28. The van der Waals surface area contributed by atoms with E-state index in [0.29, 0.717) is 12.1 Å². The molecule has 0 radical (unpaired) electrons. The Morgan fingerprint density at radius 1 is 1.56 bits per heavy atom. The molecule has 0 bridgehead atoms. The molecule has 0 saturated carbocycles. The van der Waals surface area contributed by atoms with E-state index in [-0.39, 0.29) is 17.5 Å². The predicted molar refractivity (Wildman–Crippen MR) is 60.2 cm³/mol. The minimum absolute atomic E-state index is 0.0517. The lowest BCUT2D eigenvalue weighted by Gasteiger charge is -2.23. The third kappa shape index (κ3) is 1.99. The van der Waals surface area contributed by atoms with Crippen molar-refractivity contribution in [3.63, 3.8) is 0 Å².